The Bertz CT molecular complexity index is 1090. The van der Waals surface area contributed by atoms with Crippen LogP contribution in [0.25, 0.3) is 28.4 Å². The highest BCUT2D eigenvalue weighted by atomic mass is 32.1. The fourth-order valence-corrected chi connectivity index (χ4v) is 3.96. The van der Waals surface area contributed by atoms with Crippen LogP contribution < -0.4 is 5.56 Å². The zero-order chi connectivity index (χ0) is 16.5. The minimum Gasteiger partial charge on any atom is -0.269 e. The third-order valence-electron chi connectivity index (χ3n) is 3.44. The second-order valence-corrected chi connectivity index (χ2v) is 7.22. The first-order chi connectivity index (χ1) is 11.7. The quantitative estimate of drug-likeness (QED) is 0.563. The second-order valence-electron chi connectivity index (χ2n) is 5.11. The molecule has 0 aromatic carbocycles. The zero-order valence-corrected chi connectivity index (χ0v) is 14.3. The molecule has 0 aliphatic rings. The van der Waals surface area contributed by atoms with Crippen LogP contribution in [0.1, 0.15) is 15.6 Å². The van der Waals surface area contributed by atoms with Crippen LogP contribution in [0.2, 0.25) is 0 Å². The number of thiazole rings is 2. The maximum Gasteiger partial charge on any atom is 0.259 e. The lowest BCUT2D eigenvalue weighted by atomic mass is 10.2. The third kappa shape index (κ3) is 2.79. The molecule has 118 valence electrons. The van der Waals surface area contributed by atoms with Crippen molar-refractivity contribution in [3.05, 3.63) is 68.1 Å². The van der Waals surface area contributed by atoms with Gasteiger partial charge in [-0.05, 0) is 31.2 Å². The first kappa shape index (κ1) is 14.9. The molecular weight excluding hydrogens is 340 g/mol. The van der Waals surface area contributed by atoms with Crippen LogP contribution in [0.3, 0.4) is 0 Å². The summed E-state index contributed by atoms with van der Waals surface area (Å²) in [5.74, 6) is 0. The van der Waals surface area contributed by atoms with Crippen LogP contribution in [0.4, 0.5) is 0 Å². The summed E-state index contributed by atoms with van der Waals surface area (Å²) in [4.78, 5) is 27.1. The molecule has 4 aromatic rings. The summed E-state index contributed by atoms with van der Waals surface area (Å²) >= 11 is 3.05. The Labute approximate surface area is 145 Å². The molecule has 0 spiro atoms. The predicted molar refractivity (Wildman–Crippen MR) is 98.3 cm³/mol. The van der Waals surface area contributed by atoms with E-state index in [0.717, 1.165) is 21.1 Å². The van der Waals surface area contributed by atoms with Crippen LogP contribution >= 0.6 is 22.7 Å². The van der Waals surface area contributed by atoms with Crippen LogP contribution in [-0.2, 0) is 0 Å². The van der Waals surface area contributed by atoms with Gasteiger partial charge in [0.05, 0.1) is 16.4 Å². The molecule has 4 aromatic heterocycles. The smallest absolute Gasteiger partial charge is 0.259 e. The molecule has 4 heterocycles. The number of aromatic nitrogens is 4. The molecule has 5 nitrogen and oxygen atoms in total. The number of aryl methyl sites for hydroxylation is 1. The van der Waals surface area contributed by atoms with Gasteiger partial charge in [0.2, 0.25) is 0 Å². The van der Waals surface area contributed by atoms with Crippen molar-refractivity contribution < 1.29 is 0 Å². The molecule has 0 N–H and O–H groups in total. The van der Waals surface area contributed by atoms with E-state index < -0.39 is 0 Å². The predicted octanol–water partition coefficient (Wildman–Crippen LogP) is 3.75. The number of pyridine rings is 1. The molecule has 0 unspecified atom stereocenters. The summed E-state index contributed by atoms with van der Waals surface area (Å²) in [6.45, 7) is 1.96. The minimum absolute atomic E-state index is 0.0970. The van der Waals surface area contributed by atoms with Gasteiger partial charge in [0.1, 0.15) is 0 Å². The maximum atomic E-state index is 12.5. The van der Waals surface area contributed by atoms with Crippen molar-refractivity contribution in [3.8, 4) is 11.3 Å². The van der Waals surface area contributed by atoms with E-state index in [1.807, 2.05) is 42.8 Å². The first-order valence-electron chi connectivity index (χ1n) is 7.23. The van der Waals surface area contributed by atoms with Gasteiger partial charge in [-0.2, -0.15) is 0 Å². The number of hydrogen-bond donors (Lipinski definition) is 0. The van der Waals surface area contributed by atoms with E-state index in [9.17, 15) is 4.79 Å². The second kappa shape index (κ2) is 6.10. The molecule has 0 saturated carbocycles. The molecule has 0 fully saturated rings. The number of fused-ring (bicyclic) bond motifs is 1. The van der Waals surface area contributed by atoms with Gasteiger partial charge in [0.15, 0.2) is 4.96 Å². The molecule has 4 rings (SSSR count). The summed E-state index contributed by atoms with van der Waals surface area (Å²) < 4.78 is 1.62. The average molecular weight is 352 g/mol. The summed E-state index contributed by atoms with van der Waals surface area (Å²) in [6.07, 6.45) is 9.04. The van der Waals surface area contributed by atoms with Crippen molar-refractivity contribution >= 4 is 39.8 Å². The topological polar surface area (TPSA) is 60.2 Å². The average Bonchev–Trinajstić information content (AvgIpc) is 3.20. The van der Waals surface area contributed by atoms with Crippen LogP contribution in [-0.4, -0.2) is 19.4 Å². The molecule has 24 heavy (non-hydrogen) atoms. The SMILES string of the molecule is Cc1ncc(C=Cc2cc(=O)n3c(-c4cccnc4)csc3n2)s1. The van der Waals surface area contributed by atoms with Crippen molar-refractivity contribution in [1.29, 1.82) is 0 Å². The van der Waals surface area contributed by atoms with Gasteiger partial charge in [-0.1, -0.05) is 0 Å². The molecule has 7 heteroatoms. The van der Waals surface area contributed by atoms with Crippen LogP contribution in [0, 0.1) is 6.92 Å². The van der Waals surface area contributed by atoms with Gasteiger partial charge < -0.3 is 0 Å². The van der Waals surface area contributed by atoms with E-state index in [4.69, 9.17) is 0 Å². The molecule has 0 amide bonds. The monoisotopic (exact) mass is 352 g/mol. The number of hydrogen-bond acceptors (Lipinski definition) is 6. The van der Waals surface area contributed by atoms with Crippen molar-refractivity contribution in [2.45, 2.75) is 6.92 Å². The first-order valence-corrected chi connectivity index (χ1v) is 8.92. The van der Waals surface area contributed by atoms with Crippen molar-refractivity contribution in [3.63, 3.8) is 0 Å². The normalized spacial score (nSPS) is 11.5. The summed E-state index contributed by atoms with van der Waals surface area (Å²) in [7, 11) is 0. The van der Waals surface area contributed by atoms with Gasteiger partial charge in [0, 0.05) is 40.5 Å². The Morgan fingerprint density at radius 2 is 2.17 bits per heavy atom. The van der Waals surface area contributed by atoms with Crippen molar-refractivity contribution in [2.75, 3.05) is 0 Å². The molecule has 0 saturated heterocycles. The Morgan fingerprint density at radius 1 is 1.25 bits per heavy atom. The van der Waals surface area contributed by atoms with Gasteiger partial charge >= 0.3 is 0 Å². The molecule has 0 bridgehead atoms. The molecule has 0 aliphatic carbocycles. The van der Waals surface area contributed by atoms with Crippen molar-refractivity contribution in [1.82, 2.24) is 19.4 Å². The minimum atomic E-state index is -0.0970. The van der Waals surface area contributed by atoms with E-state index in [0.29, 0.717) is 10.7 Å². The fraction of sp³-hybridized carbons (Fsp3) is 0.0588. The van der Waals surface area contributed by atoms with Gasteiger partial charge in [0.25, 0.3) is 5.56 Å². The Balaban J connectivity index is 1.77. The lowest BCUT2D eigenvalue weighted by Gasteiger charge is -2.01. The summed E-state index contributed by atoms with van der Waals surface area (Å²) in [6, 6.07) is 5.33. The molecule has 0 atom stereocenters. The summed E-state index contributed by atoms with van der Waals surface area (Å²) in [5, 5.41) is 2.94. The maximum absolute atomic E-state index is 12.5. The molecule has 0 radical (unpaired) electrons. The van der Waals surface area contributed by atoms with E-state index in [1.54, 1.807) is 34.2 Å². The third-order valence-corrected chi connectivity index (χ3v) is 5.14. The van der Waals surface area contributed by atoms with Crippen LogP contribution in [0.5, 0.6) is 0 Å². The van der Waals surface area contributed by atoms with Gasteiger partial charge in [-0.3, -0.25) is 14.2 Å². The van der Waals surface area contributed by atoms with E-state index in [2.05, 4.69) is 15.0 Å². The van der Waals surface area contributed by atoms with Crippen LogP contribution in [0.15, 0.2) is 47.0 Å². The molecular formula is C17H12N4OS2. The largest absolute Gasteiger partial charge is 0.269 e. The summed E-state index contributed by atoms with van der Waals surface area (Å²) in [5.41, 5.74) is 2.26. The number of rotatable bonds is 3. The highest BCUT2D eigenvalue weighted by molar-refractivity contribution is 7.15. The number of nitrogens with zero attached hydrogens (tertiary/aromatic N) is 4. The highest BCUT2D eigenvalue weighted by Crippen LogP contribution is 2.23. The lowest BCUT2D eigenvalue weighted by Crippen LogP contribution is -2.13. The zero-order valence-electron chi connectivity index (χ0n) is 12.7. The van der Waals surface area contributed by atoms with Gasteiger partial charge in [-0.25, -0.2) is 9.97 Å². The Morgan fingerprint density at radius 3 is 2.92 bits per heavy atom. The van der Waals surface area contributed by atoms with Crippen molar-refractivity contribution in [2.24, 2.45) is 0 Å². The molecule has 0 aliphatic heterocycles. The van der Waals surface area contributed by atoms with E-state index >= 15 is 0 Å². The standard InChI is InChI=1S/C17H12N4OS2/c1-11-19-9-14(24-11)5-4-13-7-16(22)21-15(10-23-17(21)20-13)12-3-2-6-18-8-12/h2-10H,1H3. The Hall–Kier alpha value is -2.64. The van der Waals surface area contributed by atoms with Gasteiger partial charge in [-0.15, -0.1) is 22.7 Å². The lowest BCUT2D eigenvalue weighted by molar-refractivity contribution is 1.07. The van der Waals surface area contributed by atoms with E-state index in [-0.39, 0.29) is 5.56 Å². The highest BCUT2D eigenvalue weighted by Gasteiger charge is 2.10. The Kier molecular flexibility index (Phi) is 3.79. The van der Waals surface area contributed by atoms with E-state index in [1.165, 1.54) is 11.3 Å². The fourth-order valence-electron chi connectivity index (χ4n) is 2.36.